The summed E-state index contributed by atoms with van der Waals surface area (Å²) < 4.78 is 5.62. The van der Waals surface area contributed by atoms with Crippen molar-refractivity contribution in [1.82, 2.24) is 4.90 Å². The zero-order valence-corrected chi connectivity index (χ0v) is 10.1. The maximum absolute atomic E-state index is 9.22. The summed E-state index contributed by atoms with van der Waals surface area (Å²) in [5.74, 6) is 1.97. The molecule has 0 aromatic carbocycles. The minimum Gasteiger partial charge on any atom is -0.465 e. The van der Waals surface area contributed by atoms with Gasteiger partial charge in [-0.2, -0.15) is 0 Å². The van der Waals surface area contributed by atoms with Gasteiger partial charge in [-0.05, 0) is 33.0 Å². The predicted octanol–water partition coefficient (Wildman–Crippen LogP) is 2.04. The Hall–Kier alpha value is -0.800. The van der Waals surface area contributed by atoms with Crippen molar-refractivity contribution in [3.63, 3.8) is 0 Å². The van der Waals surface area contributed by atoms with Crippen LogP contribution in [0.1, 0.15) is 32.3 Å². The number of aliphatic hydroxyl groups is 1. The van der Waals surface area contributed by atoms with Crippen LogP contribution < -0.4 is 0 Å². The maximum atomic E-state index is 9.22. The summed E-state index contributed by atoms with van der Waals surface area (Å²) in [6.45, 7) is 6.97. The first-order chi connectivity index (χ1) is 6.99. The van der Waals surface area contributed by atoms with Gasteiger partial charge in [0, 0.05) is 12.0 Å². The van der Waals surface area contributed by atoms with Gasteiger partial charge < -0.3 is 9.52 Å². The Bertz CT molecular complexity index is 304. The summed E-state index contributed by atoms with van der Waals surface area (Å²) in [6.07, 6.45) is 0.924. The summed E-state index contributed by atoms with van der Waals surface area (Å²) in [4.78, 5) is 2.09. The second kappa shape index (κ2) is 4.81. The Morgan fingerprint density at radius 1 is 1.33 bits per heavy atom. The maximum Gasteiger partial charge on any atom is 0.118 e. The van der Waals surface area contributed by atoms with Crippen molar-refractivity contribution in [1.29, 1.82) is 0 Å². The van der Waals surface area contributed by atoms with Gasteiger partial charge in [-0.3, -0.25) is 4.90 Å². The lowest BCUT2D eigenvalue weighted by Gasteiger charge is -2.33. The SMILES string of the molecule is CCc1ccc(CN(C)C(C)(C)CO)o1. The lowest BCUT2D eigenvalue weighted by atomic mass is 10.1. The van der Waals surface area contributed by atoms with Crippen molar-refractivity contribution in [2.75, 3.05) is 13.7 Å². The molecule has 1 heterocycles. The summed E-state index contributed by atoms with van der Waals surface area (Å²) in [5, 5.41) is 9.22. The monoisotopic (exact) mass is 211 g/mol. The van der Waals surface area contributed by atoms with Gasteiger partial charge in [0.05, 0.1) is 13.2 Å². The number of hydrogen-bond acceptors (Lipinski definition) is 3. The fourth-order valence-electron chi connectivity index (χ4n) is 1.27. The Balaban J connectivity index is 2.61. The van der Waals surface area contributed by atoms with Crippen molar-refractivity contribution in [3.8, 4) is 0 Å². The third-order valence-corrected chi connectivity index (χ3v) is 2.88. The fraction of sp³-hybridized carbons (Fsp3) is 0.667. The van der Waals surface area contributed by atoms with E-state index >= 15 is 0 Å². The van der Waals surface area contributed by atoms with Crippen LogP contribution >= 0.6 is 0 Å². The molecule has 0 fully saturated rings. The van der Waals surface area contributed by atoms with E-state index in [-0.39, 0.29) is 12.1 Å². The molecule has 0 radical (unpaired) electrons. The van der Waals surface area contributed by atoms with Crippen LogP contribution in [-0.2, 0) is 13.0 Å². The molecular formula is C12H21NO2. The molecular weight excluding hydrogens is 190 g/mol. The van der Waals surface area contributed by atoms with Crippen LogP contribution in [0.5, 0.6) is 0 Å². The lowest BCUT2D eigenvalue weighted by Crippen LogP contribution is -2.43. The number of aryl methyl sites for hydroxylation is 1. The molecule has 1 aromatic heterocycles. The normalized spacial score (nSPS) is 12.4. The predicted molar refractivity (Wildman–Crippen MR) is 60.7 cm³/mol. The van der Waals surface area contributed by atoms with Gasteiger partial charge in [-0.25, -0.2) is 0 Å². The molecule has 0 aliphatic heterocycles. The third kappa shape index (κ3) is 3.08. The topological polar surface area (TPSA) is 36.6 Å². The van der Waals surface area contributed by atoms with Gasteiger partial charge in [0.25, 0.3) is 0 Å². The van der Waals surface area contributed by atoms with E-state index < -0.39 is 0 Å². The van der Waals surface area contributed by atoms with Gasteiger partial charge in [-0.15, -0.1) is 0 Å². The summed E-state index contributed by atoms with van der Waals surface area (Å²) in [6, 6.07) is 4.01. The minimum atomic E-state index is -0.209. The Morgan fingerprint density at radius 2 is 1.93 bits per heavy atom. The highest BCUT2D eigenvalue weighted by Gasteiger charge is 2.23. The van der Waals surface area contributed by atoms with E-state index in [0.717, 1.165) is 24.5 Å². The lowest BCUT2D eigenvalue weighted by molar-refractivity contribution is 0.0679. The molecule has 0 aliphatic carbocycles. The Morgan fingerprint density at radius 3 is 2.40 bits per heavy atom. The van der Waals surface area contributed by atoms with Crippen LogP contribution in [0.15, 0.2) is 16.5 Å². The molecule has 0 aliphatic rings. The van der Waals surface area contributed by atoms with Crippen LogP contribution in [0.2, 0.25) is 0 Å². The molecule has 86 valence electrons. The molecule has 1 aromatic rings. The quantitative estimate of drug-likeness (QED) is 0.809. The highest BCUT2D eigenvalue weighted by molar-refractivity contribution is 5.07. The summed E-state index contributed by atoms with van der Waals surface area (Å²) in [7, 11) is 1.99. The Labute approximate surface area is 91.7 Å². The molecule has 1 rings (SSSR count). The van der Waals surface area contributed by atoms with E-state index in [2.05, 4.69) is 11.8 Å². The molecule has 3 nitrogen and oxygen atoms in total. The number of hydrogen-bond donors (Lipinski definition) is 1. The molecule has 0 saturated carbocycles. The van der Waals surface area contributed by atoms with Gasteiger partial charge in [-0.1, -0.05) is 6.92 Å². The van der Waals surface area contributed by atoms with Gasteiger partial charge in [0.1, 0.15) is 11.5 Å². The average Bonchev–Trinajstić information content (AvgIpc) is 2.65. The van der Waals surface area contributed by atoms with Gasteiger partial charge >= 0.3 is 0 Å². The van der Waals surface area contributed by atoms with E-state index in [4.69, 9.17) is 4.42 Å². The smallest absolute Gasteiger partial charge is 0.118 e. The molecule has 1 N–H and O–H groups in total. The highest BCUT2D eigenvalue weighted by Crippen LogP contribution is 2.17. The fourth-order valence-corrected chi connectivity index (χ4v) is 1.27. The second-order valence-corrected chi connectivity index (χ2v) is 4.55. The molecule has 0 atom stereocenters. The molecule has 0 unspecified atom stereocenters. The first kappa shape index (κ1) is 12.3. The molecule has 0 saturated heterocycles. The third-order valence-electron chi connectivity index (χ3n) is 2.88. The molecule has 15 heavy (non-hydrogen) atoms. The van der Waals surface area contributed by atoms with Crippen molar-refractivity contribution < 1.29 is 9.52 Å². The van der Waals surface area contributed by atoms with E-state index in [0.29, 0.717) is 0 Å². The number of furan rings is 1. The van der Waals surface area contributed by atoms with Crippen LogP contribution in [0.3, 0.4) is 0 Å². The average molecular weight is 211 g/mol. The summed E-state index contributed by atoms with van der Waals surface area (Å²) in [5.41, 5.74) is -0.209. The highest BCUT2D eigenvalue weighted by atomic mass is 16.3. The Kier molecular flexibility index (Phi) is 3.94. The zero-order chi connectivity index (χ0) is 11.5. The number of nitrogens with zero attached hydrogens (tertiary/aromatic N) is 1. The zero-order valence-electron chi connectivity index (χ0n) is 10.1. The molecule has 0 spiro atoms. The minimum absolute atomic E-state index is 0.144. The van der Waals surface area contributed by atoms with Gasteiger partial charge in [0.2, 0.25) is 0 Å². The first-order valence-electron chi connectivity index (χ1n) is 5.39. The standard InChI is InChI=1S/C12H21NO2/c1-5-10-6-7-11(15-10)8-13(4)12(2,3)9-14/h6-7,14H,5,8-9H2,1-4H3. The molecule has 0 amide bonds. The first-order valence-corrected chi connectivity index (χ1v) is 5.39. The van der Waals surface area contributed by atoms with Crippen LogP contribution in [0.25, 0.3) is 0 Å². The van der Waals surface area contributed by atoms with E-state index in [1.165, 1.54) is 0 Å². The van der Waals surface area contributed by atoms with Crippen LogP contribution in [0.4, 0.5) is 0 Å². The number of likely N-dealkylation sites (N-methyl/N-ethyl adjacent to an activating group) is 1. The van der Waals surface area contributed by atoms with Gasteiger partial charge in [0.15, 0.2) is 0 Å². The largest absolute Gasteiger partial charge is 0.465 e. The summed E-state index contributed by atoms with van der Waals surface area (Å²) >= 11 is 0. The molecule has 0 bridgehead atoms. The molecule has 3 heteroatoms. The van der Waals surface area contributed by atoms with E-state index in [9.17, 15) is 5.11 Å². The van der Waals surface area contributed by atoms with E-state index in [1.54, 1.807) is 0 Å². The van der Waals surface area contributed by atoms with Crippen LogP contribution in [-0.4, -0.2) is 29.2 Å². The van der Waals surface area contributed by atoms with Crippen molar-refractivity contribution in [2.45, 2.75) is 39.3 Å². The van der Waals surface area contributed by atoms with Crippen molar-refractivity contribution >= 4 is 0 Å². The van der Waals surface area contributed by atoms with E-state index in [1.807, 2.05) is 33.0 Å². The van der Waals surface area contributed by atoms with Crippen molar-refractivity contribution in [3.05, 3.63) is 23.7 Å². The second-order valence-electron chi connectivity index (χ2n) is 4.55. The number of rotatable bonds is 5. The number of aliphatic hydroxyl groups excluding tert-OH is 1. The van der Waals surface area contributed by atoms with Crippen LogP contribution in [0, 0.1) is 0 Å². The van der Waals surface area contributed by atoms with Crippen molar-refractivity contribution in [2.24, 2.45) is 0 Å².